The van der Waals surface area contributed by atoms with E-state index in [1.165, 1.54) is 12.1 Å². The molecular formula is C23H27FN2O6S. The molecule has 1 unspecified atom stereocenters. The molecule has 2 heterocycles. The lowest BCUT2D eigenvalue weighted by Crippen LogP contribution is -2.44. The molecule has 2 N–H and O–H groups in total. The minimum atomic E-state index is -3.87. The van der Waals surface area contributed by atoms with Crippen molar-refractivity contribution in [1.29, 1.82) is 0 Å². The van der Waals surface area contributed by atoms with Gasteiger partial charge in [-0.25, -0.2) is 4.39 Å². The predicted molar refractivity (Wildman–Crippen MR) is 119 cm³/mol. The zero-order valence-corrected chi connectivity index (χ0v) is 19.1. The number of hydroxylamine groups is 1. The first-order valence-corrected chi connectivity index (χ1v) is 12.6. The number of amides is 1. The molecule has 1 fully saturated rings. The molecule has 2 aliphatic heterocycles. The fourth-order valence-electron chi connectivity index (χ4n) is 4.43. The van der Waals surface area contributed by atoms with Gasteiger partial charge in [0.1, 0.15) is 5.82 Å². The first-order valence-electron chi connectivity index (χ1n) is 10.8. The fraction of sp³-hybridized carbons (Fsp3) is 0.435. The Kier molecular flexibility index (Phi) is 6.56. The molecule has 0 aliphatic carbocycles. The molecule has 1 atom stereocenters. The number of aryl methyl sites for hydroxylation is 1. The van der Waals surface area contributed by atoms with E-state index in [9.17, 15) is 27.8 Å². The number of fused-ring (bicyclic) bond motifs is 1. The monoisotopic (exact) mass is 478 g/mol. The van der Waals surface area contributed by atoms with Crippen molar-refractivity contribution in [3.05, 3.63) is 65.0 Å². The average Bonchev–Trinajstić information content (AvgIpc) is 2.76. The first-order chi connectivity index (χ1) is 15.5. The van der Waals surface area contributed by atoms with Gasteiger partial charge in [0, 0.05) is 26.1 Å². The van der Waals surface area contributed by atoms with Crippen molar-refractivity contribution in [2.75, 3.05) is 31.0 Å². The second-order valence-corrected chi connectivity index (χ2v) is 10.3. The van der Waals surface area contributed by atoms with Crippen LogP contribution in [0.15, 0.2) is 42.5 Å². The number of halogens is 1. The Morgan fingerprint density at radius 1 is 1.15 bits per heavy atom. The number of benzene rings is 2. The number of anilines is 1. The molecule has 1 saturated heterocycles. The summed E-state index contributed by atoms with van der Waals surface area (Å²) in [6.45, 7) is 1.43. The highest BCUT2D eigenvalue weighted by molar-refractivity contribution is 7.86. The minimum Gasteiger partial charge on any atom is -0.387 e. The molecule has 0 spiro atoms. The zero-order chi connectivity index (χ0) is 23.8. The maximum Gasteiger partial charge on any atom is 0.285 e. The van der Waals surface area contributed by atoms with Crippen LogP contribution in [0.4, 0.5) is 10.1 Å². The molecule has 33 heavy (non-hydrogen) atoms. The fourth-order valence-corrected chi connectivity index (χ4v) is 4.86. The molecule has 2 aromatic rings. The standard InChI is InChI=1S/C23H27FN2O6S/c1-33(30,31)32-26-20-7-5-17(13-16(20)6-8-22(26)28)21(27)15-25-11-9-23(29,10-12-25)18-3-2-4-19(24)14-18/h2-5,7,13-14,21,27,29H,6,8-12,15H2,1H3. The Bertz CT molecular complexity index is 1150. The number of β-amino-alcohol motifs (C(OH)–C–C–N with tert-alkyl or cyclic N) is 1. The van der Waals surface area contributed by atoms with Gasteiger partial charge in [-0.3, -0.25) is 4.79 Å². The maximum absolute atomic E-state index is 13.6. The van der Waals surface area contributed by atoms with Crippen LogP contribution in [0.2, 0.25) is 0 Å². The number of piperidine rings is 1. The summed E-state index contributed by atoms with van der Waals surface area (Å²) in [6, 6.07) is 11.0. The van der Waals surface area contributed by atoms with Gasteiger partial charge < -0.3 is 15.1 Å². The zero-order valence-electron chi connectivity index (χ0n) is 18.3. The number of aliphatic hydroxyl groups excluding tert-OH is 1. The third-order valence-electron chi connectivity index (χ3n) is 6.23. The summed E-state index contributed by atoms with van der Waals surface area (Å²) in [7, 11) is -3.87. The lowest BCUT2D eigenvalue weighted by atomic mass is 9.84. The number of nitrogens with zero attached hydrogens (tertiary/aromatic N) is 2. The van der Waals surface area contributed by atoms with Gasteiger partial charge in [0.15, 0.2) is 0 Å². The predicted octanol–water partition coefficient (Wildman–Crippen LogP) is 2.01. The van der Waals surface area contributed by atoms with Gasteiger partial charge >= 0.3 is 0 Å². The third kappa shape index (κ3) is 5.42. The van der Waals surface area contributed by atoms with Crippen LogP contribution in [0, 0.1) is 5.82 Å². The molecule has 1 amide bonds. The maximum atomic E-state index is 13.6. The van der Waals surface area contributed by atoms with E-state index in [1.54, 1.807) is 30.3 Å². The summed E-state index contributed by atoms with van der Waals surface area (Å²) in [5, 5.41) is 22.5. The molecule has 0 bridgehead atoms. The summed E-state index contributed by atoms with van der Waals surface area (Å²) < 4.78 is 41.4. The Morgan fingerprint density at radius 2 is 1.88 bits per heavy atom. The molecule has 0 saturated carbocycles. The van der Waals surface area contributed by atoms with Crippen molar-refractivity contribution in [3.63, 3.8) is 0 Å². The second-order valence-electron chi connectivity index (χ2n) is 8.71. The molecule has 2 aromatic carbocycles. The van der Waals surface area contributed by atoms with Crippen molar-refractivity contribution >= 4 is 21.7 Å². The van der Waals surface area contributed by atoms with E-state index < -0.39 is 27.7 Å². The number of carbonyl (C=O) groups excluding carboxylic acids is 1. The molecule has 10 heteroatoms. The van der Waals surface area contributed by atoms with Crippen LogP contribution in [0.5, 0.6) is 0 Å². The van der Waals surface area contributed by atoms with E-state index in [2.05, 4.69) is 0 Å². The van der Waals surface area contributed by atoms with Gasteiger partial charge in [-0.1, -0.05) is 24.3 Å². The molecule has 8 nitrogen and oxygen atoms in total. The van der Waals surface area contributed by atoms with Crippen molar-refractivity contribution in [2.45, 2.75) is 37.4 Å². The number of rotatable bonds is 6. The summed E-state index contributed by atoms with van der Waals surface area (Å²) in [5.41, 5.74) is 1.19. The normalized spacial score (nSPS) is 19.9. The number of likely N-dealkylation sites (tertiary alicyclic amines) is 1. The van der Waals surface area contributed by atoms with Crippen LogP contribution < -0.4 is 5.06 Å². The first kappa shape index (κ1) is 23.8. The highest BCUT2D eigenvalue weighted by atomic mass is 32.2. The van der Waals surface area contributed by atoms with E-state index in [4.69, 9.17) is 4.28 Å². The van der Waals surface area contributed by atoms with Crippen LogP contribution >= 0.6 is 0 Å². The van der Waals surface area contributed by atoms with Gasteiger partial charge in [0.2, 0.25) is 0 Å². The minimum absolute atomic E-state index is 0.104. The summed E-state index contributed by atoms with van der Waals surface area (Å²) in [6.07, 6.45) is 1.44. The second kappa shape index (κ2) is 9.11. The van der Waals surface area contributed by atoms with Gasteiger partial charge in [-0.2, -0.15) is 13.5 Å². The Hall–Kier alpha value is -2.37. The van der Waals surface area contributed by atoms with E-state index in [1.807, 2.05) is 4.90 Å². The summed E-state index contributed by atoms with van der Waals surface area (Å²) in [4.78, 5) is 14.2. The quantitative estimate of drug-likeness (QED) is 0.654. The molecular weight excluding hydrogens is 451 g/mol. The highest BCUT2D eigenvalue weighted by Crippen LogP contribution is 2.35. The van der Waals surface area contributed by atoms with E-state index >= 15 is 0 Å². The Balaban J connectivity index is 1.42. The SMILES string of the molecule is CS(=O)(=O)ON1C(=O)CCc2cc(C(O)CN3CCC(O)(c4cccc(F)c4)CC3)ccc21. The van der Waals surface area contributed by atoms with E-state index in [-0.39, 0.29) is 12.2 Å². The summed E-state index contributed by atoms with van der Waals surface area (Å²) in [5.74, 6) is -0.825. The molecule has 2 aliphatic rings. The van der Waals surface area contributed by atoms with E-state index in [0.717, 1.165) is 11.3 Å². The smallest absolute Gasteiger partial charge is 0.285 e. The van der Waals surface area contributed by atoms with Crippen molar-refractivity contribution < 1.29 is 32.1 Å². The van der Waals surface area contributed by atoms with Gasteiger partial charge in [0.25, 0.3) is 16.0 Å². The van der Waals surface area contributed by atoms with Crippen molar-refractivity contribution in [1.82, 2.24) is 4.90 Å². The average molecular weight is 479 g/mol. The van der Waals surface area contributed by atoms with Crippen molar-refractivity contribution in [3.8, 4) is 0 Å². The lowest BCUT2D eigenvalue weighted by Gasteiger charge is -2.39. The lowest BCUT2D eigenvalue weighted by molar-refractivity contribution is -0.123. The summed E-state index contributed by atoms with van der Waals surface area (Å²) >= 11 is 0. The van der Waals surface area contributed by atoms with Gasteiger partial charge in [0.05, 0.1) is 23.6 Å². The van der Waals surface area contributed by atoms with E-state index in [0.29, 0.717) is 61.3 Å². The van der Waals surface area contributed by atoms with Crippen LogP contribution in [-0.2, 0) is 31.2 Å². The molecule has 4 rings (SSSR count). The molecule has 0 aromatic heterocycles. The number of hydrogen-bond donors (Lipinski definition) is 2. The van der Waals surface area contributed by atoms with Gasteiger partial charge in [-0.15, -0.1) is 4.28 Å². The van der Waals surface area contributed by atoms with Crippen LogP contribution in [0.1, 0.15) is 42.1 Å². The number of aliphatic hydroxyl groups is 2. The molecule has 178 valence electrons. The Morgan fingerprint density at radius 3 is 2.55 bits per heavy atom. The van der Waals surface area contributed by atoms with Crippen LogP contribution in [-0.4, -0.2) is 55.3 Å². The van der Waals surface area contributed by atoms with Crippen molar-refractivity contribution in [2.24, 2.45) is 0 Å². The van der Waals surface area contributed by atoms with Crippen LogP contribution in [0.25, 0.3) is 0 Å². The molecule has 0 radical (unpaired) electrons. The van der Waals surface area contributed by atoms with Gasteiger partial charge in [-0.05, 0) is 54.2 Å². The largest absolute Gasteiger partial charge is 0.387 e. The highest BCUT2D eigenvalue weighted by Gasteiger charge is 2.35. The topological polar surface area (TPSA) is 107 Å². The van der Waals surface area contributed by atoms with Crippen LogP contribution in [0.3, 0.4) is 0 Å². The number of carbonyl (C=O) groups is 1. The Labute approximate surface area is 192 Å². The number of hydrogen-bond acceptors (Lipinski definition) is 7. The third-order valence-corrected chi connectivity index (χ3v) is 6.65.